The van der Waals surface area contributed by atoms with Crippen LogP contribution >= 0.6 is 11.3 Å². The quantitative estimate of drug-likeness (QED) is 0.777. The molecule has 4 nitrogen and oxygen atoms in total. The van der Waals surface area contributed by atoms with Gasteiger partial charge in [0.15, 0.2) is 11.6 Å². The number of nitrogens with zero attached hydrogens (tertiary/aromatic N) is 2. The zero-order chi connectivity index (χ0) is 15.0. The van der Waals surface area contributed by atoms with E-state index >= 15 is 0 Å². The number of aryl methyl sites for hydroxylation is 1. The molecule has 0 saturated carbocycles. The summed E-state index contributed by atoms with van der Waals surface area (Å²) in [6.07, 6.45) is 0. The molecule has 0 aliphatic heterocycles. The van der Waals surface area contributed by atoms with Gasteiger partial charge in [0, 0.05) is 11.4 Å². The number of nitrogens with two attached hydrogens (primary N) is 1. The molecule has 0 bridgehead atoms. The molecule has 3 aromatic rings. The second kappa shape index (κ2) is 5.25. The molecule has 0 unspecified atom stereocenters. The van der Waals surface area contributed by atoms with Crippen molar-refractivity contribution in [2.24, 2.45) is 0 Å². The van der Waals surface area contributed by atoms with Crippen LogP contribution in [0.4, 0.5) is 20.5 Å². The lowest BCUT2D eigenvalue weighted by molar-refractivity contribution is 0.507. The van der Waals surface area contributed by atoms with Crippen molar-refractivity contribution in [1.29, 1.82) is 0 Å². The van der Waals surface area contributed by atoms with Crippen molar-refractivity contribution in [3.8, 4) is 0 Å². The minimum atomic E-state index is -0.868. The molecule has 0 amide bonds. The SMILES string of the molecule is Cc1cc2c(NCc3ccc(F)c(F)c3)nc(N)nc2s1. The molecule has 0 spiro atoms. The first-order chi connectivity index (χ1) is 10.0. The summed E-state index contributed by atoms with van der Waals surface area (Å²) in [7, 11) is 0. The van der Waals surface area contributed by atoms with Crippen molar-refractivity contribution >= 4 is 33.3 Å². The van der Waals surface area contributed by atoms with Crippen LogP contribution in [0, 0.1) is 18.6 Å². The van der Waals surface area contributed by atoms with Crippen LogP contribution in [0.3, 0.4) is 0 Å². The van der Waals surface area contributed by atoms with Crippen molar-refractivity contribution in [2.75, 3.05) is 11.1 Å². The third-order valence-corrected chi connectivity index (χ3v) is 3.92. The number of fused-ring (bicyclic) bond motifs is 1. The van der Waals surface area contributed by atoms with E-state index in [2.05, 4.69) is 15.3 Å². The van der Waals surface area contributed by atoms with Crippen LogP contribution in [-0.2, 0) is 6.54 Å². The van der Waals surface area contributed by atoms with Gasteiger partial charge in [0.2, 0.25) is 5.95 Å². The molecule has 7 heteroatoms. The maximum absolute atomic E-state index is 13.2. The van der Waals surface area contributed by atoms with Crippen molar-refractivity contribution in [3.63, 3.8) is 0 Å². The van der Waals surface area contributed by atoms with Gasteiger partial charge in [-0.25, -0.2) is 13.8 Å². The molecular weight excluding hydrogens is 294 g/mol. The topological polar surface area (TPSA) is 63.8 Å². The molecule has 3 rings (SSSR count). The Kier molecular flexibility index (Phi) is 3.42. The second-order valence-corrected chi connectivity index (χ2v) is 5.84. The first kappa shape index (κ1) is 13.7. The summed E-state index contributed by atoms with van der Waals surface area (Å²) < 4.78 is 26.1. The number of rotatable bonds is 3. The number of hydrogen-bond donors (Lipinski definition) is 2. The molecule has 21 heavy (non-hydrogen) atoms. The molecule has 3 N–H and O–H groups in total. The minimum absolute atomic E-state index is 0.178. The average Bonchev–Trinajstić information content (AvgIpc) is 2.80. The summed E-state index contributed by atoms with van der Waals surface area (Å²) in [5, 5.41) is 3.96. The summed E-state index contributed by atoms with van der Waals surface area (Å²) in [5.74, 6) is -0.961. The zero-order valence-electron chi connectivity index (χ0n) is 11.2. The maximum Gasteiger partial charge on any atom is 0.223 e. The largest absolute Gasteiger partial charge is 0.368 e. The van der Waals surface area contributed by atoms with Crippen LogP contribution in [0.25, 0.3) is 10.2 Å². The molecule has 0 aliphatic rings. The van der Waals surface area contributed by atoms with E-state index in [4.69, 9.17) is 5.73 Å². The Bertz CT molecular complexity index is 816. The molecule has 0 radical (unpaired) electrons. The van der Waals surface area contributed by atoms with Gasteiger partial charge in [0.1, 0.15) is 10.6 Å². The summed E-state index contributed by atoms with van der Waals surface area (Å²) in [6, 6.07) is 5.74. The summed E-state index contributed by atoms with van der Waals surface area (Å²) in [4.78, 5) is 10.2. The number of benzene rings is 1. The first-order valence-corrected chi connectivity index (χ1v) is 7.06. The van der Waals surface area contributed by atoms with Crippen molar-refractivity contribution in [2.45, 2.75) is 13.5 Å². The minimum Gasteiger partial charge on any atom is -0.368 e. The van der Waals surface area contributed by atoms with Gasteiger partial charge in [-0.3, -0.25) is 0 Å². The smallest absolute Gasteiger partial charge is 0.223 e. The summed E-state index contributed by atoms with van der Waals surface area (Å²) >= 11 is 1.53. The first-order valence-electron chi connectivity index (χ1n) is 6.24. The highest BCUT2D eigenvalue weighted by atomic mass is 32.1. The van der Waals surface area contributed by atoms with Crippen molar-refractivity contribution < 1.29 is 8.78 Å². The van der Waals surface area contributed by atoms with Crippen LogP contribution in [0.1, 0.15) is 10.4 Å². The third-order valence-electron chi connectivity index (χ3n) is 2.98. The Hall–Kier alpha value is -2.28. The van der Waals surface area contributed by atoms with Gasteiger partial charge < -0.3 is 11.1 Å². The molecule has 2 heterocycles. The standard InChI is InChI=1S/C14H12F2N4S/c1-7-4-9-12(19-14(17)20-13(9)21-7)18-6-8-2-3-10(15)11(16)5-8/h2-5H,6H2,1H3,(H3,17,18,19,20). The highest BCUT2D eigenvalue weighted by molar-refractivity contribution is 7.18. The second-order valence-electron chi connectivity index (χ2n) is 4.61. The Balaban J connectivity index is 1.89. The Morgan fingerprint density at radius 1 is 1.19 bits per heavy atom. The van der Waals surface area contributed by atoms with Crippen LogP contribution < -0.4 is 11.1 Å². The fourth-order valence-corrected chi connectivity index (χ4v) is 2.92. The van der Waals surface area contributed by atoms with Crippen molar-refractivity contribution in [1.82, 2.24) is 9.97 Å². The molecule has 0 atom stereocenters. The Labute approximate surface area is 123 Å². The lowest BCUT2D eigenvalue weighted by Crippen LogP contribution is -2.05. The summed E-state index contributed by atoms with van der Waals surface area (Å²) in [5.41, 5.74) is 6.30. The van der Waals surface area contributed by atoms with Crippen LogP contribution in [-0.4, -0.2) is 9.97 Å². The van der Waals surface area contributed by atoms with E-state index in [1.54, 1.807) is 0 Å². The number of aromatic nitrogens is 2. The predicted octanol–water partition coefficient (Wildman–Crippen LogP) is 3.47. The Morgan fingerprint density at radius 2 is 2.00 bits per heavy atom. The van der Waals surface area contributed by atoms with Gasteiger partial charge in [-0.15, -0.1) is 11.3 Å². The molecule has 0 fully saturated rings. The van der Waals surface area contributed by atoms with Gasteiger partial charge >= 0.3 is 0 Å². The number of anilines is 2. The number of hydrogen-bond acceptors (Lipinski definition) is 5. The number of thiophene rings is 1. The normalized spacial score (nSPS) is 11.0. The fraction of sp³-hybridized carbons (Fsp3) is 0.143. The zero-order valence-corrected chi connectivity index (χ0v) is 12.0. The number of nitrogen functional groups attached to an aromatic ring is 1. The van der Waals surface area contributed by atoms with E-state index in [0.717, 1.165) is 27.2 Å². The van der Waals surface area contributed by atoms with E-state index in [9.17, 15) is 8.78 Å². The molecular formula is C14H12F2N4S. The van der Waals surface area contributed by atoms with Gasteiger partial charge in [-0.2, -0.15) is 4.98 Å². The van der Waals surface area contributed by atoms with E-state index in [1.807, 2.05) is 13.0 Å². The fourth-order valence-electron chi connectivity index (χ4n) is 2.03. The maximum atomic E-state index is 13.2. The average molecular weight is 306 g/mol. The molecule has 0 aliphatic carbocycles. The van der Waals surface area contributed by atoms with Gasteiger partial charge in [-0.05, 0) is 30.7 Å². The summed E-state index contributed by atoms with van der Waals surface area (Å²) in [6.45, 7) is 2.29. The van der Waals surface area contributed by atoms with E-state index in [0.29, 0.717) is 17.9 Å². The highest BCUT2D eigenvalue weighted by Gasteiger charge is 2.09. The van der Waals surface area contributed by atoms with E-state index in [1.165, 1.54) is 17.4 Å². The van der Waals surface area contributed by atoms with Crippen LogP contribution in [0.2, 0.25) is 0 Å². The van der Waals surface area contributed by atoms with E-state index in [-0.39, 0.29) is 5.95 Å². The molecule has 0 saturated heterocycles. The van der Waals surface area contributed by atoms with Crippen LogP contribution in [0.15, 0.2) is 24.3 Å². The van der Waals surface area contributed by atoms with E-state index < -0.39 is 11.6 Å². The Morgan fingerprint density at radius 3 is 2.76 bits per heavy atom. The third kappa shape index (κ3) is 2.78. The molecule has 2 aromatic heterocycles. The lowest BCUT2D eigenvalue weighted by atomic mass is 10.2. The molecule has 1 aromatic carbocycles. The van der Waals surface area contributed by atoms with Gasteiger partial charge in [-0.1, -0.05) is 6.07 Å². The molecule has 108 valence electrons. The lowest BCUT2D eigenvalue weighted by Gasteiger charge is -2.08. The predicted molar refractivity (Wildman–Crippen MR) is 80.2 cm³/mol. The van der Waals surface area contributed by atoms with Gasteiger partial charge in [0.25, 0.3) is 0 Å². The monoisotopic (exact) mass is 306 g/mol. The van der Waals surface area contributed by atoms with Crippen molar-refractivity contribution in [3.05, 3.63) is 46.3 Å². The van der Waals surface area contributed by atoms with Gasteiger partial charge in [0.05, 0.1) is 5.39 Å². The number of nitrogens with one attached hydrogen (secondary N) is 1. The number of halogens is 2. The van der Waals surface area contributed by atoms with Crippen LogP contribution in [0.5, 0.6) is 0 Å². The highest BCUT2D eigenvalue weighted by Crippen LogP contribution is 2.29.